The van der Waals surface area contributed by atoms with E-state index in [1.54, 1.807) is 32.1 Å². The van der Waals surface area contributed by atoms with Crippen molar-refractivity contribution in [3.8, 4) is 0 Å². The molecule has 0 N–H and O–H groups in total. The highest BCUT2D eigenvalue weighted by Gasteiger charge is 2.26. The maximum absolute atomic E-state index is 2.41. The Kier molecular flexibility index (Phi) is 6.05. The zero-order valence-electron chi connectivity index (χ0n) is 12.8. The summed E-state index contributed by atoms with van der Waals surface area (Å²) in [4.78, 5) is 0. The fourth-order valence-corrected chi connectivity index (χ4v) is 4.51. The molecule has 0 aromatic rings. The van der Waals surface area contributed by atoms with E-state index in [-0.39, 0.29) is 0 Å². The Balaban J connectivity index is 1.74. The summed E-state index contributed by atoms with van der Waals surface area (Å²) in [6, 6.07) is 0. The fraction of sp³-hybridized carbons (Fsp3) is 1.00. The Bertz CT molecular complexity index is 212. The molecule has 0 heteroatoms. The van der Waals surface area contributed by atoms with Crippen LogP contribution < -0.4 is 0 Å². The lowest BCUT2D eigenvalue weighted by molar-refractivity contribution is 0.176. The standard InChI is InChI=1S/C18H34/c1-15(2)14-18-11-7-6-10-17(18)13-12-16-8-4-3-5-9-16/h15-18H,3-14H2,1-2H3. The van der Waals surface area contributed by atoms with Crippen LogP contribution in [-0.2, 0) is 0 Å². The summed E-state index contributed by atoms with van der Waals surface area (Å²) < 4.78 is 0. The molecule has 2 fully saturated rings. The molecule has 0 aromatic carbocycles. The van der Waals surface area contributed by atoms with E-state index in [4.69, 9.17) is 0 Å². The van der Waals surface area contributed by atoms with Gasteiger partial charge in [-0.2, -0.15) is 0 Å². The lowest BCUT2D eigenvalue weighted by Gasteiger charge is -2.34. The van der Waals surface area contributed by atoms with Crippen LogP contribution in [-0.4, -0.2) is 0 Å². The molecule has 18 heavy (non-hydrogen) atoms. The fourth-order valence-electron chi connectivity index (χ4n) is 4.51. The monoisotopic (exact) mass is 250 g/mol. The van der Waals surface area contributed by atoms with Crippen LogP contribution in [0.15, 0.2) is 0 Å². The predicted molar refractivity (Wildman–Crippen MR) is 80.7 cm³/mol. The molecular formula is C18H34. The van der Waals surface area contributed by atoms with Crippen molar-refractivity contribution in [1.82, 2.24) is 0 Å². The highest BCUT2D eigenvalue weighted by Crippen LogP contribution is 2.39. The largest absolute Gasteiger partial charge is 0.0628 e. The van der Waals surface area contributed by atoms with Crippen molar-refractivity contribution < 1.29 is 0 Å². The molecule has 106 valence electrons. The normalized spacial score (nSPS) is 30.8. The third kappa shape index (κ3) is 4.59. The van der Waals surface area contributed by atoms with Crippen molar-refractivity contribution in [2.45, 2.75) is 90.9 Å². The molecule has 0 spiro atoms. The van der Waals surface area contributed by atoms with Gasteiger partial charge in [0.15, 0.2) is 0 Å². The van der Waals surface area contributed by atoms with Crippen LogP contribution in [0.4, 0.5) is 0 Å². The molecule has 0 bridgehead atoms. The van der Waals surface area contributed by atoms with E-state index >= 15 is 0 Å². The first-order valence-electron chi connectivity index (χ1n) is 8.75. The molecule has 0 saturated heterocycles. The molecule has 0 heterocycles. The summed E-state index contributed by atoms with van der Waals surface area (Å²) in [5, 5.41) is 0. The van der Waals surface area contributed by atoms with Gasteiger partial charge in [0, 0.05) is 0 Å². The molecule has 2 saturated carbocycles. The van der Waals surface area contributed by atoms with E-state index in [0.29, 0.717) is 0 Å². The van der Waals surface area contributed by atoms with Gasteiger partial charge in [0.05, 0.1) is 0 Å². The van der Waals surface area contributed by atoms with Crippen molar-refractivity contribution in [1.29, 1.82) is 0 Å². The Morgan fingerprint density at radius 3 is 2.00 bits per heavy atom. The van der Waals surface area contributed by atoms with Crippen molar-refractivity contribution in [3.63, 3.8) is 0 Å². The second-order valence-corrected chi connectivity index (χ2v) is 7.52. The average molecular weight is 250 g/mol. The van der Waals surface area contributed by atoms with E-state index in [0.717, 1.165) is 23.7 Å². The first-order chi connectivity index (χ1) is 8.75. The minimum absolute atomic E-state index is 0.908. The SMILES string of the molecule is CC(C)CC1CCCCC1CCC1CCCCC1. The molecular weight excluding hydrogens is 216 g/mol. The molecule has 2 aliphatic rings. The Hall–Kier alpha value is 0. The van der Waals surface area contributed by atoms with Crippen LogP contribution in [0.5, 0.6) is 0 Å². The van der Waals surface area contributed by atoms with Crippen LogP contribution >= 0.6 is 0 Å². The summed E-state index contributed by atoms with van der Waals surface area (Å²) in [6.07, 6.45) is 18.4. The van der Waals surface area contributed by atoms with Gasteiger partial charge in [-0.1, -0.05) is 78.1 Å². The maximum atomic E-state index is 2.41. The first-order valence-corrected chi connectivity index (χ1v) is 8.75. The van der Waals surface area contributed by atoms with E-state index in [9.17, 15) is 0 Å². The van der Waals surface area contributed by atoms with Gasteiger partial charge in [-0.15, -0.1) is 0 Å². The highest BCUT2D eigenvalue weighted by atomic mass is 14.3. The van der Waals surface area contributed by atoms with Crippen LogP contribution in [0.25, 0.3) is 0 Å². The van der Waals surface area contributed by atoms with E-state index in [1.807, 2.05) is 0 Å². The van der Waals surface area contributed by atoms with Crippen molar-refractivity contribution >= 4 is 0 Å². The van der Waals surface area contributed by atoms with Crippen LogP contribution in [0.1, 0.15) is 90.9 Å². The summed E-state index contributed by atoms with van der Waals surface area (Å²) in [5.74, 6) is 4.16. The molecule has 2 unspecified atom stereocenters. The zero-order valence-corrected chi connectivity index (χ0v) is 12.8. The number of rotatable bonds is 5. The van der Waals surface area contributed by atoms with Gasteiger partial charge in [-0.05, 0) is 36.5 Å². The van der Waals surface area contributed by atoms with Gasteiger partial charge < -0.3 is 0 Å². The molecule has 2 rings (SSSR count). The van der Waals surface area contributed by atoms with Gasteiger partial charge in [0.25, 0.3) is 0 Å². The second-order valence-electron chi connectivity index (χ2n) is 7.52. The van der Waals surface area contributed by atoms with Crippen LogP contribution in [0, 0.1) is 23.7 Å². The van der Waals surface area contributed by atoms with Gasteiger partial charge in [0.1, 0.15) is 0 Å². The zero-order chi connectivity index (χ0) is 12.8. The summed E-state index contributed by atoms with van der Waals surface area (Å²) >= 11 is 0. The lowest BCUT2D eigenvalue weighted by atomic mass is 9.72. The maximum Gasteiger partial charge on any atom is -0.0383 e. The Morgan fingerprint density at radius 2 is 1.33 bits per heavy atom. The minimum Gasteiger partial charge on any atom is -0.0628 e. The smallest absolute Gasteiger partial charge is 0.0383 e. The van der Waals surface area contributed by atoms with E-state index in [1.165, 1.54) is 44.9 Å². The Labute approximate surface area is 115 Å². The van der Waals surface area contributed by atoms with Gasteiger partial charge >= 0.3 is 0 Å². The van der Waals surface area contributed by atoms with E-state index < -0.39 is 0 Å². The van der Waals surface area contributed by atoms with E-state index in [2.05, 4.69) is 13.8 Å². The van der Waals surface area contributed by atoms with Crippen molar-refractivity contribution in [3.05, 3.63) is 0 Å². The number of hydrogen-bond acceptors (Lipinski definition) is 0. The molecule has 2 aliphatic carbocycles. The highest BCUT2D eigenvalue weighted by molar-refractivity contribution is 4.78. The Morgan fingerprint density at radius 1 is 0.722 bits per heavy atom. The third-order valence-corrected chi connectivity index (χ3v) is 5.51. The minimum atomic E-state index is 0.908. The third-order valence-electron chi connectivity index (χ3n) is 5.51. The molecule has 0 nitrogen and oxygen atoms in total. The van der Waals surface area contributed by atoms with Crippen molar-refractivity contribution in [2.24, 2.45) is 23.7 Å². The predicted octanol–water partition coefficient (Wildman–Crippen LogP) is 6.20. The second kappa shape index (κ2) is 7.56. The number of hydrogen-bond donors (Lipinski definition) is 0. The quantitative estimate of drug-likeness (QED) is 0.545. The average Bonchev–Trinajstić information content (AvgIpc) is 2.38. The van der Waals surface area contributed by atoms with Crippen LogP contribution in [0.3, 0.4) is 0 Å². The topological polar surface area (TPSA) is 0 Å². The molecule has 0 aliphatic heterocycles. The molecule has 0 aromatic heterocycles. The van der Waals surface area contributed by atoms with Crippen molar-refractivity contribution in [2.75, 3.05) is 0 Å². The summed E-state index contributed by atoms with van der Waals surface area (Å²) in [7, 11) is 0. The van der Waals surface area contributed by atoms with Crippen LogP contribution in [0.2, 0.25) is 0 Å². The van der Waals surface area contributed by atoms with Gasteiger partial charge in [-0.25, -0.2) is 0 Å². The summed E-state index contributed by atoms with van der Waals surface area (Å²) in [6.45, 7) is 4.82. The van der Waals surface area contributed by atoms with Gasteiger partial charge in [0.2, 0.25) is 0 Å². The summed E-state index contributed by atoms with van der Waals surface area (Å²) in [5.41, 5.74) is 0. The lowest BCUT2D eigenvalue weighted by Crippen LogP contribution is -2.22. The molecule has 0 amide bonds. The van der Waals surface area contributed by atoms with Gasteiger partial charge in [-0.3, -0.25) is 0 Å². The molecule has 2 atom stereocenters. The molecule has 0 radical (unpaired) electrons. The first kappa shape index (κ1) is 14.4.